The van der Waals surface area contributed by atoms with Crippen molar-refractivity contribution in [2.24, 2.45) is 0 Å². The summed E-state index contributed by atoms with van der Waals surface area (Å²) in [6.45, 7) is 0. The van der Waals surface area contributed by atoms with E-state index in [-0.39, 0.29) is 0 Å². The van der Waals surface area contributed by atoms with Crippen LogP contribution in [0.2, 0.25) is 0 Å². The van der Waals surface area contributed by atoms with Gasteiger partial charge in [-0.3, -0.25) is 4.79 Å². The first-order valence-electron chi connectivity index (χ1n) is 7.15. The zero-order chi connectivity index (χ0) is 15.3. The van der Waals surface area contributed by atoms with Gasteiger partial charge >= 0.3 is 0 Å². The molecule has 1 atom stereocenters. The number of carbonyl (C=O) groups is 1. The molecule has 1 amide bonds. The molecule has 0 aromatic heterocycles. The molecule has 112 valence electrons. The Kier molecular flexibility index (Phi) is 4.81. The van der Waals surface area contributed by atoms with E-state index in [1.165, 1.54) is 7.11 Å². The number of nitrogens with one attached hydrogen (secondary N) is 1. The summed E-state index contributed by atoms with van der Waals surface area (Å²) in [6.07, 6.45) is 2.90. The van der Waals surface area contributed by atoms with Gasteiger partial charge < -0.3 is 15.2 Å². The van der Waals surface area contributed by atoms with Gasteiger partial charge in [-0.2, -0.15) is 5.26 Å². The van der Waals surface area contributed by atoms with Crippen LogP contribution in [0, 0.1) is 11.3 Å². The Labute approximate surface area is 124 Å². The second-order valence-corrected chi connectivity index (χ2v) is 5.42. The third-order valence-corrected chi connectivity index (χ3v) is 3.94. The van der Waals surface area contributed by atoms with E-state index >= 15 is 0 Å². The fourth-order valence-electron chi connectivity index (χ4n) is 2.69. The molecular formula is C16H20N2O3. The zero-order valence-electron chi connectivity index (χ0n) is 12.1. The third-order valence-electron chi connectivity index (χ3n) is 3.94. The monoisotopic (exact) mass is 288 g/mol. The molecule has 1 aromatic rings. The number of benzene rings is 1. The summed E-state index contributed by atoms with van der Waals surface area (Å²) in [5.74, 6) is 0.0405. The van der Waals surface area contributed by atoms with Gasteiger partial charge in [0.1, 0.15) is 11.3 Å². The van der Waals surface area contributed by atoms with Crippen LogP contribution in [0.5, 0.6) is 5.75 Å². The van der Waals surface area contributed by atoms with Crippen molar-refractivity contribution in [1.82, 2.24) is 5.32 Å². The second kappa shape index (κ2) is 6.59. The number of carbonyl (C=O) groups excluding carboxylic acids is 1. The van der Waals surface area contributed by atoms with Crippen LogP contribution in [0.25, 0.3) is 0 Å². The van der Waals surface area contributed by atoms with Gasteiger partial charge in [0.15, 0.2) is 6.10 Å². The Balaban J connectivity index is 2.10. The molecule has 0 aliphatic heterocycles. The van der Waals surface area contributed by atoms with Crippen molar-refractivity contribution >= 4 is 5.91 Å². The summed E-state index contributed by atoms with van der Waals surface area (Å²) in [4.78, 5) is 12.2. The first-order valence-corrected chi connectivity index (χ1v) is 7.15. The highest BCUT2D eigenvalue weighted by atomic mass is 16.5. The number of hydrogen-bond donors (Lipinski definition) is 2. The van der Waals surface area contributed by atoms with E-state index in [2.05, 4.69) is 11.4 Å². The largest absolute Gasteiger partial charge is 0.497 e. The first-order chi connectivity index (χ1) is 10.1. The lowest BCUT2D eigenvalue weighted by Gasteiger charge is -2.32. The van der Waals surface area contributed by atoms with E-state index in [1.807, 2.05) is 0 Å². The van der Waals surface area contributed by atoms with Crippen molar-refractivity contribution in [3.05, 3.63) is 29.8 Å². The van der Waals surface area contributed by atoms with Crippen LogP contribution in [-0.4, -0.2) is 23.7 Å². The molecule has 21 heavy (non-hydrogen) atoms. The van der Waals surface area contributed by atoms with E-state index in [0.717, 1.165) is 19.3 Å². The molecular weight excluding hydrogens is 268 g/mol. The number of amides is 1. The molecule has 0 spiro atoms. The van der Waals surface area contributed by atoms with Crippen LogP contribution < -0.4 is 10.1 Å². The molecule has 2 N–H and O–H groups in total. The minimum atomic E-state index is -1.30. The van der Waals surface area contributed by atoms with E-state index in [1.54, 1.807) is 24.3 Å². The van der Waals surface area contributed by atoms with Crippen molar-refractivity contribution in [2.75, 3.05) is 7.11 Å². The summed E-state index contributed by atoms with van der Waals surface area (Å²) < 4.78 is 5.08. The van der Waals surface area contributed by atoms with Gasteiger partial charge in [0.05, 0.1) is 13.2 Å². The topological polar surface area (TPSA) is 82.3 Å². The number of methoxy groups -OCH3 is 1. The van der Waals surface area contributed by atoms with Crippen LogP contribution in [0.15, 0.2) is 24.3 Å². The highest BCUT2D eigenvalue weighted by Crippen LogP contribution is 2.28. The predicted molar refractivity (Wildman–Crippen MR) is 77.5 cm³/mol. The number of hydrogen-bond acceptors (Lipinski definition) is 4. The molecule has 1 unspecified atom stereocenters. The number of rotatable bonds is 4. The highest BCUT2D eigenvalue weighted by molar-refractivity contribution is 5.83. The van der Waals surface area contributed by atoms with Gasteiger partial charge in [-0.05, 0) is 30.5 Å². The maximum absolute atomic E-state index is 12.2. The summed E-state index contributed by atoms with van der Waals surface area (Å²) >= 11 is 0. The van der Waals surface area contributed by atoms with Gasteiger partial charge in [0.2, 0.25) is 0 Å². The molecule has 0 bridgehead atoms. The van der Waals surface area contributed by atoms with Crippen molar-refractivity contribution in [1.29, 1.82) is 5.26 Å². The lowest BCUT2D eigenvalue weighted by atomic mass is 9.82. The quantitative estimate of drug-likeness (QED) is 0.888. The Morgan fingerprint density at radius 2 is 2.14 bits per heavy atom. The summed E-state index contributed by atoms with van der Waals surface area (Å²) in [5, 5.41) is 22.3. The standard InChI is InChI=1S/C16H20N2O3/c1-21-13-7-5-6-12(10-13)14(19)15(20)18-16(11-17)8-3-2-4-9-16/h5-7,10,14,19H,2-4,8-9H2,1H3,(H,18,20). The fourth-order valence-corrected chi connectivity index (χ4v) is 2.69. The summed E-state index contributed by atoms with van der Waals surface area (Å²) in [5.41, 5.74) is -0.384. The number of nitriles is 1. The van der Waals surface area contributed by atoms with E-state index in [9.17, 15) is 15.2 Å². The van der Waals surface area contributed by atoms with E-state index < -0.39 is 17.6 Å². The smallest absolute Gasteiger partial charge is 0.254 e. The molecule has 5 nitrogen and oxygen atoms in total. The predicted octanol–water partition coefficient (Wildman–Crippen LogP) is 2.07. The molecule has 2 rings (SSSR count). The molecule has 0 heterocycles. The molecule has 1 aliphatic rings. The Morgan fingerprint density at radius 3 is 2.76 bits per heavy atom. The number of ether oxygens (including phenoxy) is 1. The molecule has 1 saturated carbocycles. The SMILES string of the molecule is COc1cccc(C(O)C(=O)NC2(C#N)CCCCC2)c1. The van der Waals surface area contributed by atoms with Gasteiger partial charge in [-0.15, -0.1) is 0 Å². The van der Waals surface area contributed by atoms with Crippen molar-refractivity contribution in [3.63, 3.8) is 0 Å². The maximum Gasteiger partial charge on any atom is 0.254 e. The van der Waals surface area contributed by atoms with Crippen molar-refractivity contribution < 1.29 is 14.6 Å². The molecule has 5 heteroatoms. The lowest BCUT2D eigenvalue weighted by molar-refractivity contribution is -0.131. The van der Waals surface area contributed by atoms with Crippen LogP contribution in [0.3, 0.4) is 0 Å². The minimum Gasteiger partial charge on any atom is -0.497 e. The molecule has 0 saturated heterocycles. The third kappa shape index (κ3) is 3.53. The van der Waals surface area contributed by atoms with Gasteiger partial charge in [-0.25, -0.2) is 0 Å². The summed E-state index contributed by atoms with van der Waals surface area (Å²) in [6, 6.07) is 8.94. The van der Waals surface area contributed by atoms with Gasteiger partial charge in [0.25, 0.3) is 5.91 Å². The zero-order valence-corrected chi connectivity index (χ0v) is 12.1. The Morgan fingerprint density at radius 1 is 1.43 bits per heavy atom. The molecule has 0 radical (unpaired) electrons. The maximum atomic E-state index is 12.2. The molecule has 1 aliphatic carbocycles. The number of nitrogens with zero attached hydrogens (tertiary/aromatic N) is 1. The van der Waals surface area contributed by atoms with E-state index in [4.69, 9.17) is 4.74 Å². The van der Waals surface area contributed by atoms with E-state index in [0.29, 0.717) is 24.2 Å². The van der Waals surface area contributed by atoms with Crippen molar-refractivity contribution in [2.45, 2.75) is 43.7 Å². The van der Waals surface area contributed by atoms with Crippen molar-refractivity contribution in [3.8, 4) is 11.8 Å². The average Bonchev–Trinajstić information content (AvgIpc) is 2.55. The fraction of sp³-hybridized carbons (Fsp3) is 0.500. The number of aliphatic hydroxyl groups is 1. The highest BCUT2D eigenvalue weighted by Gasteiger charge is 2.35. The van der Waals surface area contributed by atoms with Gasteiger partial charge in [-0.1, -0.05) is 31.4 Å². The average molecular weight is 288 g/mol. The first kappa shape index (κ1) is 15.3. The lowest BCUT2D eigenvalue weighted by Crippen LogP contribution is -2.50. The number of aliphatic hydroxyl groups excluding tert-OH is 1. The van der Waals surface area contributed by atoms with Crippen LogP contribution in [-0.2, 0) is 4.79 Å². The minimum absolute atomic E-state index is 0.454. The summed E-state index contributed by atoms with van der Waals surface area (Å²) in [7, 11) is 1.53. The second-order valence-electron chi connectivity index (χ2n) is 5.42. The van der Waals surface area contributed by atoms with Crippen LogP contribution in [0.1, 0.15) is 43.8 Å². The molecule has 1 aromatic carbocycles. The van der Waals surface area contributed by atoms with Crippen LogP contribution >= 0.6 is 0 Å². The normalized spacial score (nSPS) is 18.3. The Bertz CT molecular complexity index is 545. The Hall–Kier alpha value is -2.06. The van der Waals surface area contributed by atoms with Crippen LogP contribution in [0.4, 0.5) is 0 Å². The molecule has 1 fully saturated rings. The van der Waals surface area contributed by atoms with Gasteiger partial charge in [0, 0.05) is 0 Å².